The molecule has 1 aliphatic carbocycles. The van der Waals surface area contributed by atoms with Crippen molar-refractivity contribution in [1.82, 2.24) is 20.4 Å². The highest BCUT2D eigenvalue weighted by atomic mass is 32.1. The van der Waals surface area contributed by atoms with Gasteiger partial charge in [-0.25, -0.2) is 0 Å². The molecule has 5 rings (SSSR count). The second kappa shape index (κ2) is 8.07. The minimum absolute atomic E-state index is 0.00922. The third-order valence-electron chi connectivity index (χ3n) is 6.08. The van der Waals surface area contributed by atoms with Gasteiger partial charge in [-0.2, -0.15) is 5.10 Å². The van der Waals surface area contributed by atoms with Crippen LogP contribution in [0.25, 0.3) is 0 Å². The van der Waals surface area contributed by atoms with Gasteiger partial charge in [0.05, 0.1) is 12.5 Å². The minimum Gasteiger partial charge on any atom is -0.344 e. The fourth-order valence-corrected chi connectivity index (χ4v) is 5.20. The molecule has 3 aromatic rings. The quantitative estimate of drug-likeness (QED) is 0.679. The number of benzene rings is 1. The molecule has 0 saturated heterocycles. The summed E-state index contributed by atoms with van der Waals surface area (Å²) in [6.45, 7) is 1.08. The molecule has 0 saturated carbocycles. The summed E-state index contributed by atoms with van der Waals surface area (Å²) in [4.78, 5) is 28.7. The highest BCUT2D eigenvalue weighted by Gasteiger charge is 2.29. The Morgan fingerprint density at radius 3 is 2.97 bits per heavy atom. The summed E-state index contributed by atoms with van der Waals surface area (Å²) < 4.78 is 0. The molecular weight excluding hydrogens is 396 g/mol. The van der Waals surface area contributed by atoms with E-state index in [1.165, 1.54) is 11.1 Å². The van der Waals surface area contributed by atoms with Gasteiger partial charge in [-0.3, -0.25) is 14.7 Å². The lowest BCUT2D eigenvalue weighted by molar-refractivity contribution is -0.131. The van der Waals surface area contributed by atoms with Crippen molar-refractivity contribution in [3.05, 3.63) is 74.7 Å². The molecule has 0 fully saturated rings. The minimum atomic E-state index is -0.165. The van der Waals surface area contributed by atoms with Crippen LogP contribution in [-0.4, -0.2) is 33.5 Å². The van der Waals surface area contributed by atoms with Crippen molar-refractivity contribution >= 4 is 23.2 Å². The summed E-state index contributed by atoms with van der Waals surface area (Å²) in [5.41, 5.74) is 4.74. The molecule has 2 aromatic heterocycles. The molecular formula is C23H24N4O2S. The highest BCUT2D eigenvalue weighted by molar-refractivity contribution is 7.10. The predicted molar refractivity (Wildman–Crippen MR) is 115 cm³/mol. The number of aryl methyl sites for hydroxylation is 1. The van der Waals surface area contributed by atoms with Crippen LogP contribution in [0, 0.1) is 0 Å². The van der Waals surface area contributed by atoms with Crippen LogP contribution in [0.1, 0.15) is 56.6 Å². The summed E-state index contributed by atoms with van der Waals surface area (Å²) in [6, 6.07) is 12.3. The number of aromatic amines is 1. The zero-order chi connectivity index (χ0) is 20.5. The molecule has 0 spiro atoms. The molecule has 7 heteroatoms. The van der Waals surface area contributed by atoms with Crippen molar-refractivity contribution in [2.45, 2.75) is 44.7 Å². The van der Waals surface area contributed by atoms with Crippen molar-refractivity contribution in [2.24, 2.45) is 0 Å². The zero-order valence-corrected chi connectivity index (χ0v) is 17.5. The predicted octanol–water partition coefficient (Wildman–Crippen LogP) is 3.41. The maximum atomic E-state index is 13.1. The molecule has 0 bridgehead atoms. The van der Waals surface area contributed by atoms with E-state index in [9.17, 15) is 9.59 Å². The number of aromatic nitrogens is 2. The molecule has 1 aromatic carbocycles. The van der Waals surface area contributed by atoms with Crippen molar-refractivity contribution in [2.75, 3.05) is 6.54 Å². The van der Waals surface area contributed by atoms with Crippen LogP contribution in [-0.2, 0) is 30.6 Å². The topological polar surface area (TPSA) is 78.1 Å². The van der Waals surface area contributed by atoms with E-state index in [0.29, 0.717) is 31.6 Å². The summed E-state index contributed by atoms with van der Waals surface area (Å²) in [5, 5.41) is 12.5. The second-order valence-electron chi connectivity index (χ2n) is 7.97. The molecule has 2 N–H and O–H groups in total. The molecule has 1 atom stereocenters. The van der Waals surface area contributed by atoms with Crippen LogP contribution < -0.4 is 5.32 Å². The van der Waals surface area contributed by atoms with E-state index in [0.717, 1.165) is 35.4 Å². The van der Waals surface area contributed by atoms with E-state index in [-0.39, 0.29) is 17.9 Å². The van der Waals surface area contributed by atoms with Crippen LogP contribution in [0.3, 0.4) is 0 Å². The van der Waals surface area contributed by atoms with Gasteiger partial charge in [0, 0.05) is 35.6 Å². The first-order valence-corrected chi connectivity index (χ1v) is 11.3. The van der Waals surface area contributed by atoms with Gasteiger partial charge in [-0.1, -0.05) is 30.3 Å². The average Bonchev–Trinajstić information content (AvgIpc) is 3.43. The van der Waals surface area contributed by atoms with E-state index in [4.69, 9.17) is 0 Å². The number of amides is 2. The number of rotatable bonds is 4. The first-order valence-electron chi connectivity index (χ1n) is 10.4. The maximum absolute atomic E-state index is 13.1. The van der Waals surface area contributed by atoms with Crippen LogP contribution in [0.15, 0.2) is 41.8 Å². The lowest BCUT2D eigenvalue weighted by Gasteiger charge is -2.28. The SMILES string of the molecule is O=C(NC1CCCc2ccccc21)c1n[nH]c2c1CN(C(=O)Cc1cccs1)CC2. The zero-order valence-electron chi connectivity index (χ0n) is 16.7. The smallest absolute Gasteiger partial charge is 0.272 e. The van der Waals surface area contributed by atoms with E-state index < -0.39 is 0 Å². The number of carbonyl (C=O) groups is 2. The Hall–Kier alpha value is -2.93. The lowest BCUT2D eigenvalue weighted by Crippen LogP contribution is -2.38. The van der Waals surface area contributed by atoms with Gasteiger partial charge in [-0.05, 0) is 41.8 Å². The number of nitrogens with zero attached hydrogens (tertiary/aromatic N) is 2. The molecule has 154 valence electrons. The molecule has 3 heterocycles. The standard InChI is InChI=1S/C23H24N4O2S/c28-21(13-16-7-4-12-30-16)27-11-10-20-18(14-27)22(26-25-20)23(29)24-19-9-3-6-15-5-1-2-8-17(15)19/h1-2,4-5,7-8,12,19H,3,6,9-11,13-14H2,(H,24,29)(H,25,26). The third-order valence-corrected chi connectivity index (χ3v) is 6.96. The van der Waals surface area contributed by atoms with E-state index in [1.807, 2.05) is 28.5 Å². The van der Waals surface area contributed by atoms with Gasteiger partial charge in [0.1, 0.15) is 0 Å². The number of nitrogens with one attached hydrogen (secondary N) is 2. The summed E-state index contributed by atoms with van der Waals surface area (Å²) >= 11 is 1.59. The molecule has 30 heavy (non-hydrogen) atoms. The molecule has 1 unspecified atom stereocenters. The number of thiophene rings is 1. The van der Waals surface area contributed by atoms with Crippen LogP contribution in [0.4, 0.5) is 0 Å². The van der Waals surface area contributed by atoms with Crippen LogP contribution >= 0.6 is 11.3 Å². The molecule has 0 radical (unpaired) electrons. The molecule has 2 aliphatic rings. The molecule has 2 amide bonds. The molecule has 6 nitrogen and oxygen atoms in total. The number of hydrogen-bond acceptors (Lipinski definition) is 4. The van der Waals surface area contributed by atoms with Crippen molar-refractivity contribution in [3.8, 4) is 0 Å². The Labute approximate surface area is 179 Å². The van der Waals surface area contributed by atoms with Crippen molar-refractivity contribution in [1.29, 1.82) is 0 Å². The van der Waals surface area contributed by atoms with E-state index in [1.54, 1.807) is 11.3 Å². The Balaban J connectivity index is 1.31. The number of fused-ring (bicyclic) bond motifs is 2. The van der Waals surface area contributed by atoms with Gasteiger partial charge < -0.3 is 10.2 Å². The highest BCUT2D eigenvalue weighted by Crippen LogP contribution is 2.30. The van der Waals surface area contributed by atoms with Gasteiger partial charge in [-0.15, -0.1) is 11.3 Å². The number of carbonyl (C=O) groups excluding carboxylic acids is 2. The first kappa shape index (κ1) is 19.1. The normalized spacial score (nSPS) is 17.9. The average molecular weight is 421 g/mol. The maximum Gasteiger partial charge on any atom is 0.272 e. The van der Waals surface area contributed by atoms with E-state index in [2.05, 4.69) is 33.7 Å². The fourth-order valence-electron chi connectivity index (χ4n) is 4.50. The summed E-state index contributed by atoms with van der Waals surface area (Å²) in [6.07, 6.45) is 4.15. The van der Waals surface area contributed by atoms with Crippen molar-refractivity contribution < 1.29 is 9.59 Å². The summed E-state index contributed by atoms with van der Waals surface area (Å²) in [5.74, 6) is -0.0707. The van der Waals surface area contributed by atoms with Crippen LogP contribution in [0.2, 0.25) is 0 Å². The van der Waals surface area contributed by atoms with Gasteiger partial charge in [0.25, 0.3) is 5.91 Å². The van der Waals surface area contributed by atoms with Crippen LogP contribution in [0.5, 0.6) is 0 Å². The monoisotopic (exact) mass is 420 g/mol. The van der Waals surface area contributed by atoms with Crippen molar-refractivity contribution in [3.63, 3.8) is 0 Å². The third kappa shape index (κ3) is 3.65. The molecule has 1 aliphatic heterocycles. The Morgan fingerprint density at radius 2 is 2.10 bits per heavy atom. The number of H-pyrrole nitrogens is 1. The largest absolute Gasteiger partial charge is 0.344 e. The van der Waals surface area contributed by atoms with Gasteiger partial charge >= 0.3 is 0 Å². The second-order valence-corrected chi connectivity index (χ2v) is 9.00. The summed E-state index contributed by atoms with van der Waals surface area (Å²) in [7, 11) is 0. The Morgan fingerprint density at radius 1 is 1.20 bits per heavy atom. The van der Waals surface area contributed by atoms with E-state index >= 15 is 0 Å². The first-order chi connectivity index (χ1) is 14.7. The lowest BCUT2D eigenvalue weighted by atomic mass is 9.87. The Kier molecular flexibility index (Phi) is 5.12. The van der Waals surface area contributed by atoms with Gasteiger partial charge in [0.2, 0.25) is 5.91 Å². The number of hydrogen-bond donors (Lipinski definition) is 2. The fraction of sp³-hybridized carbons (Fsp3) is 0.348. The van der Waals surface area contributed by atoms with Gasteiger partial charge in [0.15, 0.2) is 5.69 Å². The Bertz CT molecular complexity index is 1070.